The smallest absolute Gasteiger partial charge is 0.224 e. The number of aromatic nitrogens is 3. The maximum atomic E-state index is 12.0. The first-order valence-electron chi connectivity index (χ1n) is 9.57. The summed E-state index contributed by atoms with van der Waals surface area (Å²) in [5.41, 5.74) is 4.99. The van der Waals surface area contributed by atoms with Crippen LogP contribution in [0.15, 0.2) is 67.0 Å². The summed E-state index contributed by atoms with van der Waals surface area (Å²) < 4.78 is 7.30. The van der Waals surface area contributed by atoms with E-state index in [4.69, 9.17) is 9.72 Å². The SMILES string of the molecule is CCCC(=O)Nc1ccn2c(-c3ccc(OC)cc3)c(-c3ccccn3)nc2c1. The van der Waals surface area contributed by atoms with Gasteiger partial charge in [0.25, 0.3) is 0 Å². The lowest BCUT2D eigenvalue weighted by Gasteiger charge is -2.08. The van der Waals surface area contributed by atoms with Crippen LogP contribution in [0, 0.1) is 0 Å². The third kappa shape index (κ3) is 3.82. The molecule has 4 aromatic rings. The number of benzene rings is 1. The Morgan fingerprint density at radius 2 is 1.97 bits per heavy atom. The van der Waals surface area contributed by atoms with E-state index in [9.17, 15) is 4.79 Å². The van der Waals surface area contributed by atoms with Gasteiger partial charge in [0.05, 0.1) is 18.5 Å². The van der Waals surface area contributed by atoms with Gasteiger partial charge in [-0.1, -0.05) is 13.0 Å². The number of carbonyl (C=O) groups excluding carboxylic acids is 1. The molecule has 0 saturated heterocycles. The van der Waals surface area contributed by atoms with Crippen molar-refractivity contribution < 1.29 is 9.53 Å². The van der Waals surface area contributed by atoms with Crippen LogP contribution in [0.3, 0.4) is 0 Å². The van der Waals surface area contributed by atoms with Crippen LogP contribution in [-0.2, 0) is 4.79 Å². The average Bonchev–Trinajstić information content (AvgIpc) is 3.13. The van der Waals surface area contributed by atoms with E-state index in [1.165, 1.54) is 0 Å². The minimum atomic E-state index is 0.00346. The minimum absolute atomic E-state index is 0.00346. The highest BCUT2D eigenvalue weighted by atomic mass is 16.5. The molecule has 1 amide bonds. The van der Waals surface area contributed by atoms with Crippen LogP contribution in [0.5, 0.6) is 5.75 Å². The largest absolute Gasteiger partial charge is 0.497 e. The molecule has 1 N–H and O–H groups in total. The van der Waals surface area contributed by atoms with E-state index in [-0.39, 0.29) is 5.91 Å². The Labute approximate surface area is 169 Å². The Balaban J connectivity index is 1.85. The fraction of sp³-hybridized carbons (Fsp3) is 0.174. The molecule has 6 nitrogen and oxygen atoms in total. The van der Waals surface area contributed by atoms with Crippen molar-refractivity contribution >= 4 is 17.2 Å². The summed E-state index contributed by atoms with van der Waals surface area (Å²) in [6.07, 6.45) is 4.99. The van der Waals surface area contributed by atoms with Crippen LogP contribution in [0.2, 0.25) is 0 Å². The number of carbonyl (C=O) groups is 1. The van der Waals surface area contributed by atoms with Crippen LogP contribution in [-0.4, -0.2) is 27.4 Å². The number of fused-ring (bicyclic) bond motifs is 1. The predicted molar refractivity (Wildman–Crippen MR) is 114 cm³/mol. The number of nitrogens with one attached hydrogen (secondary N) is 1. The summed E-state index contributed by atoms with van der Waals surface area (Å²) in [4.78, 5) is 21.3. The second kappa shape index (κ2) is 8.14. The number of anilines is 1. The van der Waals surface area contributed by atoms with Gasteiger partial charge in [0.15, 0.2) is 0 Å². The van der Waals surface area contributed by atoms with Crippen LogP contribution >= 0.6 is 0 Å². The molecule has 0 bridgehead atoms. The monoisotopic (exact) mass is 386 g/mol. The molecule has 0 aliphatic heterocycles. The number of rotatable bonds is 6. The number of hydrogen-bond donors (Lipinski definition) is 1. The molecule has 0 atom stereocenters. The summed E-state index contributed by atoms with van der Waals surface area (Å²) >= 11 is 0. The average molecular weight is 386 g/mol. The molecule has 0 spiro atoms. The van der Waals surface area contributed by atoms with Gasteiger partial charge in [-0.2, -0.15) is 0 Å². The summed E-state index contributed by atoms with van der Waals surface area (Å²) in [6.45, 7) is 1.98. The number of amides is 1. The molecular formula is C23H22N4O2. The van der Waals surface area contributed by atoms with E-state index in [1.807, 2.05) is 72.1 Å². The number of nitrogens with zero attached hydrogens (tertiary/aromatic N) is 3. The molecule has 6 heteroatoms. The van der Waals surface area contributed by atoms with Crippen LogP contribution in [0.1, 0.15) is 19.8 Å². The Hall–Kier alpha value is -3.67. The molecule has 1 aromatic carbocycles. The van der Waals surface area contributed by atoms with Gasteiger partial charge in [-0.3, -0.25) is 14.2 Å². The highest BCUT2D eigenvalue weighted by molar-refractivity contribution is 5.91. The Morgan fingerprint density at radius 3 is 2.66 bits per heavy atom. The Bertz CT molecular complexity index is 1130. The highest BCUT2D eigenvalue weighted by Crippen LogP contribution is 2.33. The van der Waals surface area contributed by atoms with Crippen molar-refractivity contribution in [2.75, 3.05) is 12.4 Å². The molecular weight excluding hydrogens is 364 g/mol. The van der Waals surface area contributed by atoms with E-state index < -0.39 is 0 Å². The van der Waals surface area contributed by atoms with Gasteiger partial charge in [0.2, 0.25) is 5.91 Å². The molecule has 0 saturated carbocycles. The van der Waals surface area contributed by atoms with Crippen LogP contribution < -0.4 is 10.1 Å². The maximum absolute atomic E-state index is 12.0. The summed E-state index contributed by atoms with van der Waals surface area (Å²) in [6, 6.07) is 17.4. The van der Waals surface area contributed by atoms with Gasteiger partial charge in [0, 0.05) is 36.1 Å². The van der Waals surface area contributed by atoms with Gasteiger partial charge in [-0.05, 0) is 48.9 Å². The number of pyridine rings is 2. The fourth-order valence-electron chi connectivity index (χ4n) is 3.28. The summed E-state index contributed by atoms with van der Waals surface area (Å²) in [7, 11) is 1.65. The highest BCUT2D eigenvalue weighted by Gasteiger charge is 2.17. The van der Waals surface area contributed by atoms with Gasteiger partial charge < -0.3 is 10.1 Å². The van der Waals surface area contributed by atoms with Crippen molar-refractivity contribution in [3.05, 3.63) is 67.0 Å². The zero-order valence-electron chi connectivity index (χ0n) is 16.4. The van der Waals surface area contributed by atoms with Gasteiger partial charge in [-0.25, -0.2) is 4.98 Å². The lowest BCUT2D eigenvalue weighted by Crippen LogP contribution is -2.10. The minimum Gasteiger partial charge on any atom is -0.497 e. The van der Waals surface area contributed by atoms with Gasteiger partial charge >= 0.3 is 0 Å². The molecule has 3 heterocycles. The summed E-state index contributed by atoms with van der Waals surface area (Å²) in [5.74, 6) is 0.798. The molecule has 0 fully saturated rings. The maximum Gasteiger partial charge on any atom is 0.224 e. The number of methoxy groups -OCH3 is 1. The van der Waals surface area contributed by atoms with Crippen molar-refractivity contribution in [3.63, 3.8) is 0 Å². The molecule has 4 rings (SSSR count). The third-order valence-electron chi connectivity index (χ3n) is 4.66. The molecule has 0 unspecified atom stereocenters. The Morgan fingerprint density at radius 1 is 1.14 bits per heavy atom. The van der Waals surface area contributed by atoms with Crippen molar-refractivity contribution in [2.45, 2.75) is 19.8 Å². The molecule has 0 aliphatic rings. The topological polar surface area (TPSA) is 68.5 Å². The summed E-state index contributed by atoms with van der Waals surface area (Å²) in [5, 5.41) is 2.93. The first-order valence-corrected chi connectivity index (χ1v) is 9.57. The first kappa shape index (κ1) is 18.7. The second-order valence-corrected chi connectivity index (χ2v) is 6.69. The van der Waals surface area contributed by atoms with E-state index in [0.29, 0.717) is 6.42 Å². The first-order chi connectivity index (χ1) is 14.2. The fourth-order valence-corrected chi connectivity index (χ4v) is 3.28. The van der Waals surface area contributed by atoms with Crippen LogP contribution in [0.25, 0.3) is 28.3 Å². The number of hydrogen-bond acceptors (Lipinski definition) is 4. The number of imidazole rings is 1. The molecule has 146 valence electrons. The lowest BCUT2D eigenvalue weighted by atomic mass is 10.1. The van der Waals surface area contributed by atoms with Gasteiger partial charge in [0.1, 0.15) is 17.1 Å². The van der Waals surface area contributed by atoms with Crippen molar-refractivity contribution in [1.82, 2.24) is 14.4 Å². The van der Waals surface area contributed by atoms with Crippen molar-refractivity contribution in [3.8, 4) is 28.4 Å². The molecule has 0 aliphatic carbocycles. The number of ether oxygens (including phenoxy) is 1. The van der Waals surface area contributed by atoms with Crippen molar-refractivity contribution in [1.29, 1.82) is 0 Å². The zero-order valence-corrected chi connectivity index (χ0v) is 16.4. The normalized spacial score (nSPS) is 10.8. The van der Waals surface area contributed by atoms with E-state index in [1.54, 1.807) is 13.3 Å². The van der Waals surface area contributed by atoms with E-state index >= 15 is 0 Å². The van der Waals surface area contributed by atoms with Crippen LogP contribution in [0.4, 0.5) is 5.69 Å². The molecule has 3 aromatic heterocycles. The molecule has 29 heavy (non-hydrogen) atoms. The van der Waals surface area contributed by atoms with Gasteiger partial charge in [-0.15, -0.1) is 0 Å². The third-order valence-corrected chi connectivity index (χ3v) is 4.66. The quantitative estimate of drug-likeness (QED) is 0.516. The standard InChI is InChI=1S/C23H22N4O2/c1-3-6-21(28)25-17-12-14-27-20(15-17)26-22(19-7-4-5-13-24-19)23(27)16-8-10-18(29-2)11-9-16/h4-5,7-15H,3,6H2,1-2H3,(H,25,28). The zero-order chi connectivity index (χ0) is 20.2. The molecule has 0 radical (unpaired) electrons. The Kier molecular flexibility index (Phi) is 5.24. The van der Waals surface area contributed by atoms with Crippen molar-refractivity contribution in [2.24, 2.45) is 0 Å². The predicted octanol–water partition coefficient (Wildman–Crippen LogP) is 4.81. The lowest BCUT2D eigenvalue weighted by molar-refractivity contribution is -0.116. The van der Waals surface area contributed by atoms with E-state index in [0.717, 1.165) is 46.2 Å². The van der Waals surface area contributed by atoms with E-state index in [2.05, 4.69) is 10.3 Å². The second-order valence-electron chi connectivity index (χ2n) is 6.69.